The van der Waals surface area contributed by atoms with E-state index in [1.165, 1.54) is 0 Å². The molecule has 3 aromatic carbocycles. The number of ether oxygens (including phenoxy) is 1. The first kappa shape index (κ1) is 24.6. The summed E-state index contributed by atoms with van der Waals surface area (Å²) in [4.78, 5) is 33.1. The van der Waals surface area contributed by atoms with E-state index in [0.29, 0.717) is 45.6 Å². The molecule has 0 atom stereocenters. The van der Waals surface area contributed by atoms with Gasteiger partial charge in [-0.05, 0) is 60.0 Å². The van der Waals surface area contributed by atoms with Crippen LogP contribution in [0.5, 0.6) is 5.75 Å². The molecule has 37 heavy (non-hydrogen) atoms. The molecule has 2 N–H and O–H groups in total. The molecule has 190 valence electrons. The largest absolute Gasteiger partial charge is 0.497 e. The van der Waals surface area contributed by atoms with Gasteiger partial charge in [-0.15, -0.1) is 0 Å². The van der Waals surface area contributed by atoms with Crippen molar-refractivity contribution in [1.82, 2.24) is 14.8 Å². The monoisotopic (exact) mass is 496 g/mol. The zero-order chi connectivity index (χ0) is 25.6. The normalized spacial score (nSPS) is 14.0. The van der Waals surface area contributed by atoms with Gasteiger partial charge in [0, 0.05) is 54.9 Å². The Morgan fingerprint density at radius 1 is 0.892 bits per heavy atom. The number of fused-ring (bicyclic) bond motifs is 1. The van der Waals surface area contributed by atoms with Gasteiger partial charge in [-0.1, -0.05) is 36.4 Å². The molecule has 0 saturated carbocycles. The molecule has 1 saturated heterocycles. The molecular weight excluding hydrogens is 464 g/mol. The van der Waals surface area contributed by atoms with Crippen LogP contribution in [0.1, 0.15) is 12.0 Å². The fourth-order valence-corrected chi connectivity index (χ4v) is 4.93. The number of aryl methyl sites for hydroxylation is 1. The Bertz CT molecular complexity index is 1360. The summed E-state index contributed by atoms with van der Waals surface area (Å²) in [5.74, 6) is 0.934. The zero-order valence-corrected chi connectivity index (χ0v) is 21.1. The second-order valence-electron chi connectivity index (χ2n) is 9.32. The first-order chi connectivity index (χ1) is 18.1. The summed E-state index contributed by atoms with van der Waals surface area (Å²) >= 11 is 0. The van der Waals surface area contributed by atoms with E-state index in [1.807, 2.05) is 71.6 Å². The number of hydrogen-bond acceptors (Lipinski definition) is 4. The molecule has 4 aromatic rings. The molecule has 1 aliphatic heterocycles. The lowest BCUT2D eigenvalue weighted by Crippen LogP contribution is -2.50. The third kappa shape index (κ3) is 5.84. The van der Waals surface area contributed by atoms with E-state index in [9.17, 15) is 9.59 Å². The predicted octanol–water partition coefficient (Wildman–Crippen LogP) is 4.56. The molecule has 1 aliphatic rings. The molecule has 1 fully saturated rings. The highest BCUT2D eigenvalue weighted by atomic mass is 16.5. The van der Waals surface area contributed by atoms with Crippen molar-refractivity contribution < 1.29 is 14.3 Å². The number of benzene rings is 3. The van der Waals surface area contributed by atoms with E-state index < -0.39 is 0 Å². The summed E-state index contributed by atoms with van der Waals surface area (Å²) in [7, 11) is 1.66. The van der Waals surface area contributed by atoms with Crippen LogP contribution in [0.3, 0.4) is 0 Å². The number of amides is 2. The fraction of sp³-hybridized carbons (Fsp3) is 0.267. The number of hydrogen-bond donors (Lipinski definition) is 2. The average molecular weight is 497 g/mol. The molecule has 0 unspecified atom stereocenters. The average Bonchev–Trinajstić information content (AvgIpc) is 3.31. The van der Waals surface area contributed by atoms with Crippen LogP contribution in [0.15, 0.2) is 78.9 Å². The Hall–Kier alpha value is -4.10. The fourth-order valence-electron chi connectivity index (χ4n) is 4.93. The van der Waals surface area contributed by atoms with Crippen LogP contribution in [-0.2, 0) is 16.0 Å². The van der Waals surface area contributed by atoms with Crippen molar-refractivity contribution >= 4 is 28.4 Å². The van der Waals surface area contributed by atoms with Gasteiger partial charge in [-0.2, -0.15) is 0 Å². The third-order valence-electron chi connectivity index (χ3n) is 6.93. The Morgan fingerprint density at radius 2 is 1.59 bits per heavy atom. The van der Waals surface area contributed by atoms with Crippen LogP contribution in [-0.4, -0.2) is 66.4 Å². The summed E-state index contributed by atoms with van der Waals surface area (Å²) in [5, 5.41) is 4.08. The summed E-state index contributed by atoms with van der Waals surface area (Å²) in [6, 6.07) is 25.7. The van der Waals surface area contributed by atoms with Gasteiger partial charge in [0.2, 0.25) is 11.8 Å². The number of aromatic nitrogens is 1. The lowest BCUT2D eigenvalue weighted by molar-refractivity contribution is -0.133. The molecule has 0 bridgehead atoms. The highest BCUT2D eigenvalue weighted by Gasteiger charge is 2.23. The number of anilines is 1. The van der Waals surface area contributed by atoms with E-state index in [1.54, 1.807) is 7.11 Å². The van der Waals surface area contributed by atoms with E-state index in [2.05, 4.69) is 27.3 Å². The maximum atomic E-state index is 13.1. The minimum Gasteiger partial charge on any atom is -0.497 e. The summed E-state index contributed by atoms with van der Waals surface area (Å²) in [6.07, 6.45) is 1.10. The SMILES string of the molecule is COc1ccc(-c2[nH]c3ccccc3c2CCC(=O)N2CCN(CC(=O)Nc3ccccc3)CC2)cc1. The van der Waals surface area contributed by atoms with Gasteiger partial charge in [-0.3, -0.25) is 14.5 Å². The lowest BCUT2D eigenvalue weighted by atomic mass is 10.0. The molecule has 7 heteroatoms. The predicted molar refractivity (Wildman–Crippen MR) is 147 cm³/mol. The molecule has 7 nitrogen and oxygen atoms in total. The maximum Gasteiger partial charge on any atom is 0.238 e. The molecule has 5 rings (SSSR count). The number of carbonyl (C=O) groups excluding carboxylic acids is 2. The van der Waals surface area contributed by atoms with Crippen molar-refractivity contribution in [3.8, 4) is 17.0 Å². The molecule has 2 amide bonds. The van der Waals surface area contributed by atoms with E-state index in [0.717, 1.165) is 39.2 Å². The first-order valence-electron chi connectivity index (χ1n) is 12.7. The topological polar surface area (TPSA) is 77.7 Å². The molecule has 0 spiro atoms. The minimum atomic E-state index is -0.0311. The molecule has 2 heterocycles. The van der Waals surface area contributed by atoms with Crippen molar-refractivity contribution in [2.45, 2.75) is 12.8 Å². The Kier molecular flexibility index (Phi) is 7.51. The van der Waals surface area contributed by atoms with Crippen LogP contribution in [0.25, 0.3) is 22.2 Å². The number of carbonyl (C=O) groups is 2. The van der Waals surface area contributed by atoms with Crippen LogP contribution >= 0.6 is 0 Å². The summed E-state index contributed by atoms with van der Waals surface area (Å²) < 4.78 is 5.31. The van der Waals surface area contributed by atoms with Gasteiger partial charge in [0.1, 0.15) is 5.75 Å². The van der Waals surface area contributed by atoms with Crippen LogP contribution in [0, 0.1) is 0 Å². The van der Waals surface area contributed by atoms with Crippen LogP contribution < -0.4 is 10.1 Å². The Balaban J connectivity index is 1.19. The van der Waals surface area contributed by atoms with Crippen LogP contribution in [0.4, 0.5) is 5.69 Å². The number of piperazine rings is 1. The van der Waals surface area contributed by atoms with Gasteiger partial charge in [0.05, 0.1) is 13.7 Å². The van der Waals surface area contributed by atoms with E-state index >= 15 is 0 Å². The molecule has 1 aromatic heterocycles. The van der Waals surface area contributed by atoms with E-state index in [4.69, 9.17) is 4.74 Å². The standard InChI is InChI=1S/C30H32N4O3/c1-37-24-13-11-22(12-14-24)30-26(25-9-5-6-10-27(25)32-30)15-16-29(36)34-19-17-33(18-20-34)21-28(35)31-23-7-3-2-4-8-23/h2-14,32H,15-21H2,1H3,(H,31,35). The van der Waals surface area contributed by atoms with Gasteiger partial charge in [0.15, 0.2) is 0 Å². The van der Waals surface area contributed by atoms with Crippen molar-refractivity contribution in [1.29, 1.82) is 0 Å². The molecule has 0 aliphatic carbocycles. The quantitative estimate of drug-likeness (QED) is 0.375. The number of aromatic amines is 1. The van der Waals surface area contributed by atoms with Gasteiger partial charge in [-0.25, -0.2) is 0 Å². The van der Waals surface area contributed by atoms with Crippen molar-refractivity contribution in [2.24, 2.45) is 0 Å². The summed E-state index contributed by atoms with van der Waals surface area (Å²) in [5.41, 5.74) is 5.14. The first-order valence-corrected chi connectivity index (χ1v) is 12.7. The third-order valence-corrected chi connectivity index (χ3v) is 6.93. The number of nitrogens with zero attached hydrogens (tertiary/aromatic N) is 2. The second-order valence-corrected chi connectivity index (χ2v) is 9.32. The van der Waals surface area contributed by atoms with E-state index in [-0.39, 0.29) is 11.8 Å². The van der Waals surface area contributed by atoms with Crippen molar-refractivity contribution in [3.63, 3.8) is 0 Å². The molecule has 0 radical (unpaired) electrons. The van der Waals surface area contributed by atoms with Crippen LogP contribution in [0.2, 0.25) is 0 Å². The zero-order valence-electron chi connectivity index (χ0n) is 21.1. The van der Waals surface area contributed by atoms with Gasteiger partial charge in [0.25, 0.3) is 0 Å². The Labute approximate surface area is 217 Å². The minimum absolute atomic E-state index is 0.0311. The van der Waals surface area contributed by atoms with Gasteiger partial charge >= 0.3 is 0 Å². The highest BCUT2D eigenvalue weighted by Crippen LogP contribution is 2.32. The summed E-state index contributed by atoms with van der Waals surface area (Å²) in [6.45, 7) is 2.99. The Morgan fingerprint density at radius 3 is 2.32 bits per heavy atom. The smallest absolute Gasteiger partial charge is 0.238 e. The number of rotatable bonds is 8. The highest BCUT2D eigenvalue weighted by molar-refractivity contribution is 5.92. The van der Waals surface area contributed by atoms with Gasteiger partial charge < -0.3 is 19.9 Å². The van der Waals surface area contributed by atoms with Crippen molar-refractivity contribution in [2.75, 3.05) is 45.2 Å². The van der Waals surface area contributed by atoms with Crippen molar-refractivity contribution in [3.05, 3.63) is 84.4 Å². The molecular formula is C30H32N4O3. The maximum absolute atomic E-state index is 13.1. The number of H-pyrrole nitrogens is 1. The number of nitrogens with one attached hydrogen (secondary N) is 2. The lowest BCUT2D eigenvalue weighted by Gasteiger charge is -2.34. The second kappa shape index (κ2) is 11.3. The number of para-hydroxylation sites is 2. The number of methoxy groups -OCH3 is 1.